The van der Waals surface area contributed by atoms with E-state index in [0.29, 0.717) is 19.4 Å². The zero-order chi connectivity index (χ0) is 19.3. The number of nitrogens with zero attached hydrogens (tertiary/aromatic N) is 2. The Kier molecular flexibility index (Phi) is 5.47. The predicted octanol–water partition coefficient (Wildman–Crippen LogP) is 4.29. The minimum atomic E-state index is -0.127. The highest BCUT2D eigenvalue weighted by molar-refractivity contribution is 6.09. The molecule has 3 aromatic rings. The van der Waals surface area contributed by atoms with E-state index in [1.807, 2.05) is 65.6 Å². The number of fused-ring (bicyclic) bond motifs is 1. The molecule has 142 valence electrons. The lowest BCUT2D eigenvalue weighted by atomic mass is 9.88. The van der Waals surface area contributed by atoms with E-state index >= 15 is 0 Å². The number of rotatable bonds is 5. The Morgan fingerprint density at radius 2 is 1.82 bits per heavy atom. The fourth-order valence-corrected chi connectivity index (χ4v) is 4.02. The highest BCUT2D eigenvalue weighted by atomic mass is 16.2. The van der Waals surface area contributed by atoms with Crippen molar-refractivity contribution in [1.29, 1.82) is 0 Å². The van der Waals surface area contributed by atoms with Gasteiger partial charge in [0.25, 0.3) is 0 Å². The fraction of sp³-hybridized carbons (Fsp3) is 0.292. The van der Waals surface area contributed by atoms with Crippen LogP contribution in [0.4, 0.5) is 0 Å². The topological polar surface area (TPSA) is 50.3 Å². The van der Waals surface area contributed by atoms with Crippen molar-refractivity contribution in [2.24, 2.45) is 5.92 Å². The van der Waals surface area contributed by atoms with Crippen LogP contribution in [0.1, 0.15) is 35.3 Å². The van der Waals surface area contributed by atoms with Gasteiger partial charge in [-0.3, -0.25) is 14.6 Å². The molecule has 0 bridgehead atoms. The molecule has 0 unspecified atom stereocenters. The van der Waals surface area contributed by atoms with Crippen molar-refractivity contribution in [2.75, 3.05) is 13.1 Å². The van der Waals surface area contributed by atoms with E-state index in [4.69, 9.17) is 0 Å². The molecule has 1 atom stereocenters. The second-order valence-corrected chi connectivity index (χ2v) is 7.39. The van der Waals surface area contributed by atoms with Gasteiger partial charge in [0.15, 0.2) is 5.78 Å². The van der Waals surface area contributed by atoms with Crippen LogP contribution in [0.2, 0.25) is 0 Å². The van der Waals surface area contributed by atoms with Crippen molar-refractivity contribution < 1.29 is 9.59 Å². The third-order valence-corrected chi connectivity index (χ3v) is 5.52. The van der Waals surface area contributed by atoms with Gasteiger partial charge in [-0.2, -0.15) is 0 Å². The van der Waals surface area contributed by atoms with Crippen LogP contribution in [0.3, 0.4) is 0 Å². The van der Waals surface area contributed by atoms with E-state index in [2.05, 4.69) is 4.98 Å². The number of amides is 1. The molecular formula is C24H24N2O2. The van der Waals surface area contributed by atoms with Gasteiger partial charge in [-0.05, 0) is 42.2 Å². The molecule has 1 amide bonds. The van der Waals surface area contributed by atoms with Crippen molar-refractivity contribution in [3.8, 4) is 0 Å². The van der Waals surface area contributed by atoms with Crippen molar-refractivity contribution in [3.63, 3.8) is 0 Å². The number of pyridine rings is 1. The summed E-state index contributed by atoms with van der Waals surface area (Å²) in [5, 5.41) is 2.07. The normalized spacial score (nSPS) is 16.9. The number of hydrogen-bond acceptors (Lipinski definition) is 3. The zero-order valence-corrected chi connectivity index (χ0v) is 15.9. The summed E-state index contributed by atoms with van der Waals surface area (Å²) < 4.78 is 0. The number of ketones is 1. The Morgan fingerprint density at radius 3 is 2.68 bits per heavy atom. The van der Waals surface area contributed by atoms with Gasteiger partial charge < -0.3 is 4.90 Å². The first kappa shape index (κ1) is 18.4. The van der Waals surface area contributed by atoms with Gasteiger partial charge >= 0.3 is 0 Å². The summed E-state index contributed by atoms with van der Waals surface area (Å²) in [5.41, 5.74) is 1.70. The maximum absolute atomic E-state index is 13.2. The molecule has 4 nitrogen and oxygen atoms in total. The summed E-state index contributed by atoms with van der Waals surface area (Å²) in [5.74, 6) is 0.137. The third-order valence-electron chi connectivity index (χ3n) is 5.52. The molecule has 0 saturated carbocycles. The summed E-state index contributed by atoms with van der Waals surface area (Å²) in [4.78, 5) is 32.0. The second kappa shape index (κ2) is 8.34. The van der Waals surface area contributed by atoms with Crippen LogP contribution in [0, 0.1) is 5.92 Å². The number of likely N-dealkylation sites (tertiary alicyclic amines) is 1. The van der Waals surface area contributed by atoms with E-state index in [-0.39, 0.29) is 17.6 Å². The van der Waals surface area contributed by atoms with Crippen LogP contribution in [0.25, 0.3) is 10.8 Å². The fourth-order valence-electron chi connectivity index (χ4n) is 4.02. The summed E-state index contributed by atoms with van der Waals surface area (Å²) in [6, 6.07) is 19.6. The molecule has 1 fully saturated rings. The lowest BCUT2D eigenvalue weighted by molar-refractivity contribution is -0.132. The van der Waals surface area contributed by atoms with Gasteiger partial charge in [0.05, 0.1) is 0 Å². The molecule has 0 aliphatic carbocycles. The molecule has 1 aliphatic heterocycles. The van der Waals surface area contributed by atoms with Gasteiger partial charge in [-0.25, -0.2) is 0 Å². The molecule has 2 heterocycles. The average Bonchev–Trinajstić information content (AvgIpc) is 2.77. The van der Waals surface area contributed by atoms with Crippen LogP contribution in [0.15, 0.2) is 66.9 Å². The molecule has 1 saturated heterocycles. The number of aromatic nitrogens is 1. The smallest absolute Gasteiger partial charge is 0.222 e. The number of aryl methyl sites for hydroxylation is 1. The van der Waals surface area contributed by atoms with E-state index < -0.39 is 0 Å². The van der Waals surface area contributed by atoms with Crippen molar-refractivity contribution in [1.82, 2.24) is 9.88 Å². The highest BCUT2D eigenvalue weighted by Crippen LogP contribution is 2.26. The second-order valence-electron chi connectivity index (χ2n) is 7.39. The maximum atomic E-state index is 13.2. The van der Waals surface area contributed by atoms with Gasteiger partial charge in [0.2, 0.25) is 5.91 Å². The van der Waals surface area contributed by atoms with E-state index in [1.54, 1.807) is 6.20 Å². The number of benzene rings is 2. The van der Waals surface area contributed by atoms with Crippen LogP contribution >= 0.6 is 0 Å². The number of carbonyl (C=O) groups excluding carboxylic acids is 2. The lowest BCUT2D eigenvalue weighted by Crippen LogP contribution is -2.42. The van der Waals surface area contributed by atoms with Crippen LogP contribution < -0.4 is 0 Å². The van der Waals surface area contributed by atoms with Gasteiger partial charge in [0, 0.05) is 42.9 Å². The largest absolute Gasteiger partial charge is 0.342 e. The first-order valence-corrected chi connectivity index (χ1v) is 9.92. The standard InChI is InChI=1S/C24H24N2O2/c27-23(14-13-20-10-3-4-15-25-20)26-16-6-9-19(17-26)24(28)22-12-5-8-18-7-1-2-11-21(18)22/h1-5,7-8,10-12,15,19H,6,9,13-14,16-17H2/t19-/m1/s1. The Bertz CT molecular complexity index is 979. The molecule has 0 radical (unpaired) electrons. The number of Topliss-reactive ketones (excluding diaryl/α,β-unsaturated/α-hetero) is 1. The van der Waals surface area contributed by atoms with Crippen molar-refractivity contribution in [3.05, 3.63) is 78.1 Å². The Morgan fingerprint density at radius 1 is 1.00 bits per heavy atom. The van der Waals surface area contributed by atoms with Gasteiger partial charge in [-0.1, -0.05) is 48.5 Å². The van der Waals surface area contributed by atoms with Gasteiger partial charge in [-0.15, -0.1) is 0 Å². The average molecular weight is 372 g/mol. The lowest BCUT2D eigenvalue weighted by Gasteiger charge is -2.32. The zero-order valence-electron chi connectivity index (χ0n) is 15.9. The summed E-state index contributed by atoms with van der Waals surface area (Å²) in [7, 11) is 0. The minimum absolute atomic E-state index is 0.112. The van der Waals surface area contributed by atoms with Crippen LogP contribution in [-0.4, -0.2) is 34.7 Å². The SMILES string of the molecule is O=C(c1cccc2ccccc12)[C@@H]1CCCN(C(=O)CCc2ccccn2)C1. The highest BCUT2D eigenvalue weighted by Gasteiger charge is 2.29. The summed E-state index contributed by atoms with van der Waals surface area (Å²) >= 11 is 0. The molecular weight excluding hydrogens is 348 g/mol. The Balaban J connectivity index is 1.44. The van der Waals surface area contributed by atoms with Crippen molar-refractivity contribution in [2.45, 2.75) is 25.7 Å². The van der Waals surface area contributed by atoms with Crippen molar-refractivity contribution >= 4 is 22.5 Å². The van der Waals surface area contributed by atoms with E-state index in [9.17, 15) is 9.59 Å². The third kappa shape index (κ3) is 3.96. The molecule has 28 heavy (non-hydrogen) atoms. The quantitative estimate of drug-likeness (QED) is 0.628. The first-order chi connectivity index (χ1) is 13.7. The summed E-state index contributed by atoms with van der Waals surface area (Å²) in [6.07, 6.45) is 4.53. The first-order valence-electron chi connectivity index (χ1n) is 9.92. The van der Waals surface area contributed by atoms with E-state index in [1.165, 1.54) is 0 Å². The minimum Gasteiger partial charge on any atom is -0.342 e. The maximum Gasteiger partial charge on any atom is 0.222 e. The monoisotopic (exact) mass is 372 g/mol. The Labute approximate surface area is 165 Å². The number of piperidine rings is 1. The molecule has 1 aromatic heterocycles. The Hall–Kier alpha value is -3.01. The number of hydrogen-bond donors (Lipinski definition) is 0. The van der Waals surface area contributed by atoms with Crippen LogP contribution in [0.5, 0.6) is 0 Å². The summed E-state index contributed by atoms with van der Waals surface area (Å²) in [6.45, 7) is 1.25. The van der Waals surface area contributed by atoms with Crippen LogP contribution in [-0.2, 0) is 11.2 Å². The molecule has 2 aromatic carbocycles. The molecule has 4 rings (SSSR count). The predicted molar refractivity (Wildman–Crippen MR) is 110 cm³/mol. The molecule has 1 aliphatic rings. The molecule has 4 heteroatoms. The molecule has 0 spiro atoms. The van der Waals surface area contributed by atoms with E-state index in [0.717, 1.165) is 41.4 Å². The van der Waals surface area contributed by atoms with Gasteiger partial charge in [0.1, 0.15) is 0 Å². The number of carbonyl (C=O) groups is 2. The molecule has 0 N–H and O–H groups in total.